The summed E-state index contributed by atoms with van der Waals surface area (Å²) in [7, 11) is -2.89. The molecule has 0 aliphatic rings. The van der Waals surface area contributed by atoms with Gasteiger partial charge in [-0.2, -0.15) is 0 Å². The molecule has 1 N–H and O–H groups in total. The Bertz CT molecular complexity index is 870. The van der Waals surface area contributed by atoms with Gasteiger partial charge in [0.2, 0.25) is 10.0 Å². The summed E-state index contributed by atoms with van der Waals surface area (Å²) in [6.45, 7) is -0.491. The molecular weight excluding hydrogens is 364 g/mol. The van der Waals surface area contributed by atoms with Gasteiger partial charge in [0.15, 0.2) is 11.6 Å². The summed E-state index contributed by atoms with van der Waals surface area (Å²) in [5.74, 6) is -3.75. The van der Waals surface area contributed by atoms with Gasteiger partial charge >= 0.3 is 5.97 Å². The van der Waals surface area contributed by atoms with Crippen LogP contribution in [0.4, 0.5) is 8.78 Å². The number of hydrogen-bond donors (Lipinski definition) is 1. The highest BCUT2D eigenvalue weighted by atomic mass is 35.5. The van der Waals surface area contributed by atoms with Gasteiger partial charge in [0.25, 0.3) is 0 Å². The van der Waals surface area contributed by atoms with Crippen molar-refractivity contribution in [2.24, 2.45) is 0 Å². The first kappa shape index (κ1) is 18.3. The Morgan fingerprint density at radius 3 is 2.33 bits per heavy atom. The monoisotopic (exact) mass is 375 g/mol. The molecule has 0 saturated heterocycles. The Hall–Kier alpha value is -2.03. The van der Waals surface area contributed by atoms with Crippen LogP contribution < -0.4 is 4.72 Å². The molecule has 0 amide bonds. The first-order valence-corrected chi connectivity index (χ1v) is 8.43. The molecule has 0 aliphatic heterocycles. The van der Waals surface area contributed by atoms with Gasteiger partial charge in [-0.3, -0.25) is 0 Å². The topological polar surface area (TPSA) is 72.5 Å². The van der Waals surface area contributed by atoms with E-state index in [1.807, 2.05) is 0 Å². The van der Waals surface area contributed by atoms with Crippen molar-refractivity contribution in [1.29, 1.82) is 0 Å². The van der Waals surface area contributed by atoms with Crippen molar-refractivity contribution in [3.63, 3.8) is 0 Å². The maximum atomic E-state index is 14.0. The van der Waals surface area contributed by atoms with Crippen LogP contribution in [0, 0.1) is 11.6 Å². The standard InChI is InChI=1S/C15H12ClF2NO4S/c1-23-15(20)12-7-2-9(13(17)14(12)18)8-19-24(21,22)11-5-3-10(16)4-6-11/h2-7,19H,8H2,1H3. The Morgan fingerprint density at radius 2 is 1.75 bits per heavy atom. The van der Waals surface area contributed by atoms with Crippen molar-refractivity contribution in [3.05, 3.63) is 64.2 Å². The van der Waals surface area contributed by atoms with E-state index in [0.29, 0.717) is 5.02 Å². The predicted octanol–water partition coefficient (Wildman–Crippen LogP) is 2.88. The normalized spacial score (nSPS) is 11.3. The summed E-state index contributed by atoms with van der Waals surface area (Å²) in [6.07, 6.45) is 0. The van der Waals surface area contributed by atoms with E-state index < -0.39 is 39.7 Å². The lowest BCUT2D eigenvalue weighted by atomic mass is 10.1. The Kier molecular flexibility index (Phi) is 5.53. The molecule has 24 heavy (non-hydrogen) atoms. The number of rotatable bonds is 5. The van der Waals surface area contributed by atoms with Crippen LogP contribution in [0.2, 0.25) is 5.02 Å². The largest absolute Gasteiger partial charge is 0.465 e. The smallest absolute Gasteiger partial charge is 0.340 e. The average molecular weight is 376 g/mol. The van der Waals surface area contributed by atoms with E-state index in [1.165, 1.54) is 24.3 Å². The fraction of sp³-hybridized carbons (Fsp3) is 0.133. The van der Waals surface area contributed by atoms with Crippen molar-refractivity contribution in [2.45, 2.75) is 11.4 Å². The van der Waals surface area contributed by atoms with E-state index >= 15 is 0 Å². The maximum absolute atomic E-state index is 14.0. The van der Waals surface area contributed by atoms with E-state index in [2.05, 4.69) is 9.46 Å². The van der Waals surface area contributed by atoms with Gasteiger partial charge in [0, 0.05) is 17.1 Å². The second kappa shape index (κ2) is 7.25. The Balaban J connectivity index is 2.21. The zero-order valence-corrected chi connectivity index (χ0v) is 13.9. The highest BCUT2D eigenvalue weighted by Gasteiger charge is 2.20. The summed E-state index contributed by atoms with van der Waals surface area (Å²) in [5.41, 5.74) is -0.822. The molecule has 9 heteroatoms. The van der Waals surface area contributed by atoms with Crippen molar-refractivity contribution < 1.29 is 26.7 Å². The molecule has 0 aliphatic carbocycles. The van der Waals surface area contributed by atoms with Gasteiger partial charge in [0.1, 0.15) is 0 Å². The SMILES string of the molecule is COC(=O)c1ccc(CNS(=O)(=O)c2ccc(Cl)cc2)c(F)c1F. The van der Waals surface area contributed by atoms with Crippen LogP contribution in [-0.2, 0) is 21.3 Å². The number of ether oxygens (including phenoxy) is 1. The summed E-state index contributed by atoms with van der Waals surface area (Å²) in [6, 6.07) is 7.47. The molecule has 2 rings (SSSR count). The fourth-order valence-corrected chi connectivity index (χ4v) is 3.00. The molecule has 0 bridgehead atoms. The van der Waals surface area contributed by atoms with E-state index in [0.717, 1.165) is 19.2 Å². The van der Waals surface area contributed by atoms with Crippen molar-refractivity contribution in [3.8, 4) is 0 Å². The molecule has 0 atom stereocenters. The second-order valence-corrected chi connectivity index (χ2v) is 6.87. The van der Waals surface area contributed by atoms with Crippen LogP contribution in [-0.4, -0.2) is 21.5 Å². The number of carbonyl (C=O) groups is 1. The number of hydrogen-bond acceptors (Lipinski definition) is 4. The van der Waals surface area contributed by atoms with Gasteiger partial charge in [-0.1, -0.05) is 17.7 Å². The first-order valence-electron chi connectivity index (χ1n) is 6.56. The van der Waals surface area contributed by atoms with Gasteiger partial charge in [0.05, 0.1) is 17.6 Å². The minimum atomic E-state index is -3.93. The molecule has 2 aromatic carbocycles. The third-order valence-electron chi connectivity index (χ3n) is 3.14. The molecule has 0 fully saturated rings. The van der Waals surface area contributed by atoms with E-state index in [4.69, 9.17) is 11.6 Å². The molecular formula is C15H12ClF2NO4S. The molecule has 0 spiro atoms. The lowest BCUT2D eigenvalue weighted by Gasteiger charge is -2.09. The number of esters is 1. The molecule has 5 nitrogen and oxygen atoms in total. The predicted molar refractivity (Wildman–Crippen MR) is 83.2 cm³/mol. The fourth-order valence-electron chi connectivity index (χ4n) is 1.86. The third kappa shape index (κ3) is 3.89. The van der Waals surface area contributed by atoms with Crippen LogP contribution in [0.15, 0.2) is 41.3 Å². The van der Waals surface area contributed by atoms with Crippen LogP contribution in [0.3, 0.4) is 0 Å². The van der Waals surface area contributed by atoms with Crippen LogP contribution in [0.5, 0.6) is 0 Å². The van der Waals surface area contributed by atoms with E-state index in [9.17, 15) is 22.0 Å². The second-order valence-electron chi connectivity index (χ2n) is 4.67. The van der Waals surface area contributed by atoms with Crippen LogP contribution in [0.25, 0.3) is 0 Å². The highest BCUT2D eigenvalue weighted by Crippen LogP contribution is 2.19. The number of carbonyl (C=O) groups excluding carboxylic acids is 1. The lowest BCUT2D eigenvalue weighted by Crippen LogP contribution is -2.24. The minimum absolute atomic E-state index is 0.0704. The third-order valence-corrected chi connectivity index (χ3v) is 4.81. The number of benzene rings is 2. The van der Waals surface area contributed by atoms with Crippen molar-refractivity contribution in [1.82, 2.24) is 4.72 Å². The van der Waals surface area contributed by atoms with Gasteiger partial charge in [-0.25, -0.2) is 26.7 Å². The van der Waals surface area contributed by atoms with Gasteiger partial charge < -0.3 is 4.74 Å². The van der Waals surface area contributed by atoms with Gasteiger partial charge in [-0.15, -0.1) is 0 Å². The molecule has 0 saturated carbocycles. The maximum Gasteiger partial charge on any atom is 0.340 e. The van der Waals surface area contributed by atoms with Crippen molar-refractivity contribution >= 4 is 27.6 Å². The molecule has 2 aromatic rings. The molecule has 0 heterocycles. The molecule has 0 unspecified atom stereocenters. The Labute approximate surface area is 142 Å². The number of methoxy groups -OCH3 is 1. The number of nitrogens with one attached hydrogen (secondary N) is 1. The van der Waals surface area contributed by atoms with Crippen molar-refractivity contribution in [2.75, 3.05) is 7.11 Å². The number of halogens is 3. The summed E-state index contributed by atoms with van der Waals surface area (Å²) >= 11 is 5.68. The summed E-state index contributed by atoms with van der Waals surface area (Å²) < 4.78 is 58.4. The first-order chi connectivity index (χ1) is 11.3. The lowest BCUT2D eigenvalue weighted by molar-refractivity contribution is 0.0594. The van der Waals surface area contributed by atoms with Crippen LogP contribution >= 0.6 is 11.6 Å². The zero-order chi connectivity index (χ0) is 17.9. The quantitative estimate of drug-likeness (QED) is 0.816. The minimum Gasteiger partial charge on any atom is -0.465 e. The molecule has 0 radical (unpaired) electrons. The molecule has 0 aromatic heterocycles. The van der Waals surface area contributed by atoms with E-state index in [1.54, 1.807) is 0 Å². The zero-order valence-electron chi connectivity index (χ0n) is 12.3. The summed E-state index contributed by atoms with van der Waals surface area (Å²) in [4.78, 5) is 11.2. The summed E-state index contributed by atoms with van der Waals surface area (Å²) in [5, 5.41) is 0.362. The highest BCUT2D eigenvalue weighted by molar-refractivity contribution is 7.89. The van der Waals surface area contributed by atoms with Gasteiger partial charge in [-0.05, 0) is 30.3 Å². The average Bonchev–Trinajstić information content (AvgIpc) is 2.56. The molecule has 128 valence electrons. The number of sulfonamides is 1. The Morgan fingerprint density at radius 1 is 1.12 bits per heavy atom. The van der Waals surface area contributed by atoms with Crippen LogP contribution in [0.1, 0.15) is 15.9 Å². The van der Waals surface area contributed by atoms with E-state index in [-0.39, 0.29) is 10.5 Å².